The summed E-state index contributed by atoms with van der Waals surface area (Å²) in [6.07, 6.45) is 5.13. The highest BCUT2D eigenvalue weighted by Crippen LogP contribution is 2.52. The third kappa shape index (κ3) is 5.97. The molecule has 3 aromatic carbocycles. The third-order valence-electron chi connectivity index (χ3n) is 6.46. The Hall–Kier alpha value is -3.77. The summed E-state index contributed by atoms with van der Waals surface area (Å²) in [5, 5.41) is 2.68. The van der Waals surface area contributed by atoms with Gasteiger partial charge >= 0.3 is 6.09 Å². The zero-order valence-corrected chi connectivity index (χ0v) is 21.8. The van der Waals surface area contributed by atoms with Crippen LogP contribution in [0.3, 0.4) is 0 Å². The van der Waals surface area contributed by atoms with Gasteiger partial charge in [-0.2, -0.15) is 0 Å². The molecule has 0 unspecified atom stereocenters. The van der Waals surface area contributed by atoms with Gasteiger partial charge < -0.3 is 15.0 Å². The standard InChI is InChI=1S/C31H32N2O3S/c1-3-21-36-30(35)33-23-28(22-27(33)19-20-29(34)32-2)37-31(24-13-7-4-8-14-24,25-15-9-5-10-16-25)26-17-11-6-12-18-26/h3-20,27-28H,1,21-23H2,2H3,(H,32,34)/t27-,28+/m1/s1. The minimum Gasteiger partial charge on any atom is -0.445 e. The van der Waals surface area contributed by atoms with Crippen LogP contribution in [0.2, 0.25) is 0 Å². The Bertz CT molecular complexity index is 1120. The van der Waals surface area contributed by atoms with Gasteiger partial charge in [0.05, 0.1) is 10.8 Å². The van der Waals surface area contributed by atoms with Crippen LogP contribution in [-0.4, -0.2) is 48.4 Å². The van der Waals surface area contributed by atoms with Crippen LogP contribution in [0.25, 0.3) is 0 Å². The van der Waals surface area contributed by atoms with Gasteiger partial charge in [0.15, 0.2) is 0 Å². The second-order valence-corrected chi connectivity index (χ2v) is 10.3. The number of thioether (sulfide) groups is 1. The lowest BCUT2D eigenvalue weighted by atomic mass is 9.84. The highest BCUT2D eigenvalue weighted by Gasteiger charge is 2.44. The first-order valence-corrected chi connectivity index (χ1v) is 13.2. The van der Waals surface area contributed by atoms with Gasteiger partial charge in [-0.15, -0.1) is 11.8 Å². The summed E-state index contributed by atoms with van der Waals surface area (Å²) in [5.41, 5.74) is 3.51. The fraction of sp³-hybridized carbons (Fsp3) is 0.226. The van der Waals surface area contributed by atoms with Crippen LogP contribution in [0.15, 0.2) is 116 Å². The second-order valence-electron chi connectivity index (χ2n) is 8.81. The Morgan fingerprint density at radius 1 is 0.973 bits per heavy atom. The summed E-state index contributed by atoms with van der Waals surface area (Å²) in [4.78, 5) is 26.6. The number of likely N-dealkylation sites (N-methyl/N-ethyl adjacent to an activating group) is 1. The molecule has 0 bridgehead atoms. The van der Waals surface area contributed by atoms with E-state index < -0.39 is 10.8 Å². The summed E-state index contributed by atoms with van der Waals surface area (Å²) in [5.74, 6) is -0.206. The normalized spacial score (nSPS) is 17.5. The maximum absolute atomic E-state index is 13.0. The maximum Gasteiger partial charge on any atom is 0.410 e. The monoisotopic (exact) mass is 512 g/mol. The number of likely N-dealkylation sites (tertiary alicyclic amines) is 1. The number of nitrogens with one attached hydrogen (secondary N) is 1. The van der Waals surface area contributed by atoms with E-state index in [1.807, 2.05) is 30.0 Å². The average Bonchev–Trinajstić information content (AvgIpc) is 3.37. The van der Waals surface area contributed by atoms with E-state index in [2.05, 4.69) is 84.7 Å². The molecular formula is C31H32N2O3S. The molecule has 0 radical (unpaired) electrons. The van der Waals surface area contributed by atoms with Gasteiger partial charge in [-0.1, -0.05) is 110 Å². The van der Waals surface area contributed by atoms with E-state index in [0.717, 1.165) is 0 Å². The van der Waals surface area contributed by atoms with Crippen LogP contribution in [0.4, 0.5) is 4.79 Å². The minimum atomic E-state index is -0.496. The molecule has 37 heavy (non-hydrogen) atoms. The van der Waals surface area contributed by atoms with Crippen molar-refractivity contribution in [1.29, 1.82) is 0 Å². The SMILES string of the molecule is C=CCOC(=O)N1C[C@@H](SC(c2ccccc2)(c2ccccc2)c2ccccc2)C[C@H]1C=CC(=O)NC. The quantitative estimate of drug-likeness (QED) is 0.224. The molecule has 190 valence electrons. The molecule has 2 atom stereocenters. The highest BCUT2D eigenvalue weighted by molar-refractivity contribution is 8.01. The predicted molar refractivity (Wildman–Crippen MR) is 150 cm³/mol. The number of carbonyl (C=O) groups excluding carboxylic acids is 2. The molecule has 5 nitrogen and oxygen atoms in total. The molecule has 4 rings (SSSR count). The van der Waals surface area contributed by atoms with Crippen molar-refractivity contribution in [3.63, 3.8) is 0 Å². The van der Waals surface area contributed by atoms with Crippen LogP contribution < -0.4 is 5.32 Å². The van der Waals surface area contributed by atoms with E-state index in [1.54, 1.807) is 24.1 Å². The molecule has 1 saturated heterocycles. The highest BCUT2D eigenvalue weighted by atomic mass is 32.2. The fourth-order valence-electron chi connectivity index (χ4n) is 4.77. The zero-order valence-electron chi connectivity index (χ0n) is 21.0. The molecule has 1 N–H and O–H groups in total. The lowest BCUT2D eigenvalue weighted by molar-refractivity contribution is -0.116. The Balaban J connectivity index is 1.76. The topological polar surface area (TPSA) is 58.6 Å². The largest absolute Gasteiger partial charge is 0.445 e. The van der Waals surface area contributed by atoms with Crippen molar-refractivity contribution in [2.24, 2.45) is 0 Å². The summed E-state index contributed by atoms with van der Waals surface area (Å²) >= 11 is 1.84. The van der Waals surface area contributed by atoms with Crippen LogP contribution >= 0.6 is 11.8 Å². The van der Waals surface area contributed by atoms with Gasteiger partial charge in [-0.05, 0) is 23.1 Å². The minimum absolute atomic E-state index is 0.0798. The predicted octanol–water partition coefficient (Wildman–Crippen LogP) is 5.78. The number of carbonyl (C=O) groups is 2. The third-order valence-corrected chi connectivity index (χ3v) is 8.20. The van der Waals surface area contributed by atoms with Crippen LogP contribution in [0, 0.1) is 0 Å². The van der Waals surface area contributed by atoms with Gasteiger partial charge in [-0.25, -0.2) is 4.79 Å². The van der Waals surface area contributed by atoms with Gasteiger partial charge in [-0.3, -0.25) is 4.79 Å². The first-order chi connectivity index (χ1) is 18.1. The van der Waals surface area contributed by atoms with Crippen molar-refractivity contribution >= 4 is 23.8 Å². The van der Waals surface area contributed by atoms with Gasteiger partial charge in [0.1, 0.15) is 6.61 Å². The van der Waals surface area contributed by atoms with Crippen LogP contribution in [0.5, 0.6) is 0 Å². The van der Waals surface area contributed by atoms with Crippen LogP contribution in [-0.2, 0) is 14.3 Å². The van der Waals surface area contributed by atoms with Crippen molar-refractivity contribution in [1.82, 2.24) is 10.2 Å². The summed E-state index contributed by atoms with van der Waals surface area (Å²) in [6.45, 7) is 4.28. The van der Waals surface area contributed by atoms with Crippen LogP contribution in [0.1, 0.15) is 23.1 Å². The number of hydrogen-bond acceptors (Lipinski definition) is 4. The molecule has 1 heterocycles. The zero-order chi connectivity index (χ0) is 26.1. The molecule has 0 spiro atoms. The van der Waals surface area contributed by atoms with Gasteiger partial charge in [0.2, 0.25) is 5.91 Å². The lowest BCUT2D eigenvalue weighted by Crippen LogP contribution is -2.36. The van der Waals surface area contributed by atoms with E-state index in [0.29, 0.717) is 13.0 Å². The molecule has 2 amide bonds. The molecule has 1 aliphatic rings. The number of nitrogens with zero attached hydrogens (tertiary/aromatic N) is 1. The molecule has 1 fully saturated rings. The second kappa shape index (κ2) is 12.5. The molecule has 0 saturated carbocycles. The van der Waals surface area contributed by atoms with Gasteiger partial charge in [0, 0.05) is 24.9 Å². The first kappa shape index (κ1) is 26.3. The van der Waals surface area contributed by atoms with Crippen molar-refractivity contribution in [2.75, 3.05) is 20.2 Å². The molecule has 3 aromatic rings. The average molecular weight is 513 g/mol. The van der Waals surface area contributed by atoms with E-state index in [-0.39, 0.29) is 23.8 Å². The molecule has 0 aromatic heterocycles. The van der Waals surface area contributed by atoms with Crippen molar-refractivity contribution in [3.8, 4) is 0 Å². The van der Waals surface area contributed by atoms with Gasteiger partial charge in [0.25, 0.3) is 0 Å². The number of hydrogen-bond donors (Lipinski definition) is 1. The summed E-state index contributed by atoms with van der Waals surface area (Å²) in [6, 6.07) is 31.2. The van der Waals surface area contributed by atoms with E-state index in [4.69, 9.17) is 4.74 Å². The number of amides is 2. The van der Waals surface area contributed by atoms with E-state index >= 15 is 0 Å². The Kier molecular flexibility index (Phi) is 8.86. The van der Waals surface area contributed by atoms with Crippen molar-refractivity contribution < 1.29 is 14.3 Å². The number of ether oxygens (including phenoxy) is 1. The summed E-state index contributed by atoms with van der Waals surface area (Å²) in [7, 11) is 1.59. The molecule has 0 aliphatic carbocycles. The fourth-order valence-corrected chi connectivity index (χ4v) is 6.62. The Morgan fingerprint density at radius 2 is 1.49 bits per heavy atom. The Morgan fingerprint density at radius 3 is 1.95 bits per heavy atom. The van der Waals surface area contributed by atoms with E-state index in [1.165, 1.54) is 22.8 Å². The van der Waals surface area contributed by atoms with Crippen molar-refractivity contribution in [3.05, 3.63) is 132 Å². The first-order valence-electron chi connectivity index (χ1n) is 12.4. The summed E-state index contributed by atoms with van der Waals surface area (Å²) < 4.78 is 4.90. The maximum atomic E-state index is 13.0. The smallest absolute Gasteiger partial charge is 0.410 e. The lowest BCUT2D eigenvalue weighted by Gasteiger charge is -2.37. The molecule has 1 aliphatic heterocycles. The number of benzene rings is 3. The Labute approximate surface area is 223 Å². The van der Waals surface area contributed by atoms with Crippen molar-refractivity contribution in [2.45, 2.75) is 22.5 Å². The molecule has 6 heteroatoms. The molecular weight excluding hydrogens is 480 g/mol. The van der Waals surface area contributed by atoms with E-state index in [9.17, 15) is 9.59 Å². The number of rotatable bonds is 9.